The molecule has 404 valence electrons. The van der Waals surface area contributed by atoms with Crippen molar-refractivity contribution in [2.45, 2.75) is 57.8 Å². The first-order valence-corrected chi connectivity index (χ1v) is 29.9. The average molecular weight is 1090 g/mol. The van der Waals surface area contributed by atoms with E-state index >= 15 is 0 Å². The minimum absolute atomic E-state index is 0.250. The highest BCUT2D eigenvalue weighted by Crippen LogP contribution is 2.64. The Morgan fingerprint density at radius 2 is 0.812 bits per heavy atom. The lowest BCUT2D eigenvalue weighted by Crippen LogP contribution is -2.24. The third-order valence-electron chi connectivity index (χ3n) is 19.9. The van der Waals surface area contributed by atoms with Crippen LogP contribution >= 0.6 is 0 Å². The van der Waals surface area contributed by atoms with Crippen LogP contribution in [-0.2, 0) is 16.2 Å². The van der Waals surface area contributed by atoms with Crippen molar-refractivity contribution >= 4 is 82.7 Å². The van der Waals surface area contributed by atoms with E-state index in [1.807, 2.05) is 0 Å². The molecule has 0 N–H and O–H groups in total. The molecule has 0 bridgehead atoms. The molecule has 0 saturated heterocycles. The summed E-state index contributed by atoms with van der Waals surface area (Å²) in [6, 6.07) is 89.6. The Hall–Kier alpha value is -10.2. The van der Waals surface area contributed by atoms with Gasteiger partial charge in [0.05, 0.1) is 11.0 Å². The predicted molar refractivity (Wildman–Crippen MR) is 354 cm³/mol. The minimum Gasteiger partial charge on any atom is -0.455 e. The molecule has 4 nitrogen and oxygen atoms in total. The molecule has 15 aromatic rings. The number of aromatic nitrogens is 1. The summed E-state index contributed by atoms with van der Waals surface area (Å²) in [7, 11) is 0. The van der Waals surface area contributed by atoms with Crippen LogP contribution in [0, 0.1) is 0 Å². The molecule has 85 heavy (non-hydrogen) atoms. The molecule has 3 aliphatic carbocycles. The van der Waals surface area contributed by atoms with Gasteiger partial charge >= 0.3 is 0 Å². The first-order chi connectivity index (χ1) is 41.4. The van der Waals surface area contributed by atoms with Crippen LogP contribution in [0.3, 0.4) is 0 Å². The highest BCUT2D eigenvalue weighted by atomic mass is 16.3. The van der Waals surface area contributed by atoms with Crippen molar-refractivity contribution in [3.63, 3.8) is 0 Å². The van der Waals surface area contributed by atoms with Crippen LogP contribution in [0.1, 0.15) is 74.9 Å². The third kappa shape index (κ3) is 6.46. The molecule has 0 unspecified atom stereocenters. The van der Waals surface area contributed by atoms with Crippen LogP contribution in [0.15, 0.2) is 251 Å². The van der Waals surface area contributed by atoms with Gasteiger partial charge in [-0.05, 0) is 151 Å². The van der Waals surface area contributed by atoms with Crippen molar-refractivity contribution in [3.8, 4) is 61.3 Å². The largest absolute Gasteiger partial charge is 0.455 e. The number of fused-ring (bicyclic) bond motifs is 22. The van der Waals surface area contributed by atoms with Crippen LogP contribution in [0.2, 0.25) is 0 Å². The van der Waals surface area contributed by atoms with Gasteiger partial charge in [0.2, 0.25) is 0 Å². The molecule has 3 heterocycles. The van der Waals surface area contributed by atoms with E-state index in [2.05, 4.69) is 294 Å². The fourth-order valence-corrected chi connectivity index (χ4v) is 16.0. The summed E-state index contributed by atoms with van der Waals surface area (Å²) < 4.78 is 16.6. The lowest BCUT2D eigenvalue weighted by atomic mass is 9.72. The monoisotopic (exact) mass is 1090 g/mol. The SMILES string of the molecule is CC1(C)c2cc(N(c3ccc4c(c3)C(C)(C)c3c5c(c6c(oc7ccccc76)c3-4)-c3ccccc3C5(C)C)c3ccc4c5ccccc5n(-c5ccccc5)c4c3)ccc2-c2c1cc(-c1ccc(-c3ccccc3)cc1)c1oc3ccccc3c21. The quantitative estimate of drug-likeness (QED) is 0.166. The highest BCUT2D eigenvalue weighted by Gasteiger charge is 2.49. The molecular weight excluding hydrogens is 1030 g/mol. The molecular formula is C81H58N2O2. The number of nitrogens with zero attached hydrogens (tertiary/aromatic N) is 2. The summed E-state index contributed by atoms with van der Waals surface area (Å²) in [4.78, 5) is 2.52. The summed E-state index contributed by atoms with van der Waals surface area (Å²) in [6.07, 6.45) is 0. The fourth-order valence-electron chi connectivity index (χ4n) is 16.0. The number of anilines is 3. The minimum atomic E-state index is -0.396. The third-order valence-corrected chi connectivity index (χ3v) is 19.9. The molecule has 3 aromatic heterocycles. The van der Waals surface area contributed by atoms with Crippen LogP contribution in [0.4, 0.5) is 17.1 Å². The molecule has 0 radical (unpaired) electrons. The lowest BCUT2D eigenvalue weighted by molar-refractivity contribution is 0.600. The van der Waals surface area contributed by atoms with E-state index in [1.54, 1.807) is 0 Å². The molecule has 0 saturated carbocycles. The average Bonchev–Trinajstić information content (AvgIpc) is 1.56. The Morgan fingerprint density at radius 3 is 1.53 bits per heavy atom. The molecule has 0 fully saturated rings. The Morgan fingerprint density at radius 1 is 0.318 bits per heavy atom. The number of furan rings is 2. The summed E-state index contributed by atoms with van der Waals surface area (Å²) in [5.41, 5.74) is 29.6. The predicted octanol–water partition coefficient (Wildman–Crippen LogP) is 22.3. The maximum atomic E-state index is 7.15. The normalized spacial score (nSPS) is 14.8. The zero-order chi connectivity index (χ0) is 56.8. The van der Waals surface area contributed by atoms with Gasteiger partial charge in [0, 0.05) is 82.4 Å². The molecule has 12 aromatic carbocycles. The summed E-state index contributed by atoms with van der Waals surface area (Å²) in [5, 5.41) is 7.13. The van der Waals surface area contributed by atoms with Crippen molar-refractivity contribution in [2.75, 3.05) is 4.90 Å². The maximum Gasteiger partial charge on any atom is 0.144 e. The second-order valence-corrected chi connectivity index (χ2v) is 25.5. The van der Waals surface area contributed by atoms with Crippen LogP contribution < -0.4 is 4.90 Å². The van der Waals surface area contributed by atoms with Crippen LogP contribution in [0.25, 0.3) is 127 Å². The summed E-state index contributed by atoms with van der Waals surface area (Å²) >= 11 is 0. The smallest absolute Gasteiger partial charge is 0.144 e. The molecule has 0 atom stereocenters. The molecule has 0 aliphatic heterocycles. The molecule has 0 spiro atoms. The van der Waals surface area contributed by atoms with Crippen LogP contribution in [0.5, 0.6) is 0 Å². The second kappa shape index (κ2) is 17.0. The highest BCUT2D eigenvalue weighted by molar-refractivity contribution is 6.22. The van der Waals surface area contributed by atoms with E-state index in [0.717, 1.165) is 67.1 Å². The standard InChI is InChI=1S/C81H58N2O2/c1-79(2)63-43-51(38-41-57(63)70-65(79)46-61(77-72(70)59-27-15-19-31-68(59)84-77)49-35-33-48(34-36-49)47-21-9-7-10-22-47)82(53-37-40-55-54-25-14-18-30-66(54)83(67(55)45-53)50-23-11-8-12-24-50)52-39-42-58-64(44-52)81(5,6)76-74(58)78-73(60-28-16-20-32-69(60)85-78)71-56-26-13-17-29-62(56)80(3,4)75(71)76/h7-46H,1-6H3. The molecule has 18 rings (SSSR count). The molecule has 0 amide bonds. The number of hydrogen-bond acceptors (Lipinski definition) is 3. The van der Waals surface area contributed by atoms with Gasteiger partial charge in [-0.15, -0.1) is 0 Å². The van der Waals surface area contributed by atoms with Gasteiger partial charge in [-0.1, -0.05) is 211 Å². The first-order valence-electron chi connectivity index (χ1n) is 29.9. The number of hydrogen-bond donors (Lipinski definition) is 0. The van der Waals surface area contributed by atoms with E-state index in [4.69, 9.17) is 8.83 Å². The molecule has 3 aliphatic rings. The summed E-state index contributed by atoms with van der Waals surface area (Å²) in [5.74, 6) is 0. The van der Waals surface area contributed by atoms with Crippen molar-refractivity contribution < 1.29 is 8.83 Å². The van der Waals surface area contributed by atoms with Crippen molar-refractivity contribution in [2.24, 2.45) is 0 Å². The van der Waals surface area contributed by atoms with E-state index in [0.29, 0.717) is 0 Å². The van der Waals surface area contributed by atoms with Gasteiger partial charge < -0.3 is 18.3 Å². The first kappa shape index (κ1) is 48.4. The van der Waals surface area contributed by atoms with Crippen LogP contribution in [-0.4, -0.2) is 4.57 Å². The van der Waals surface area contributed by atoms with Crippen molar-refractivity contribution in [1.29, 1.82) is 0 Å². The lowest BCUT2D eigenvalue weighted by Gasteiger charge is -2.32. The number of para-hydroxylation sites is 4. The van der Waals surface area contributed by atoms with E-state index in [1.165, 1.54) is 110 Å². The Bertz CT molecular complexity index is 5380. The Labute approximate surface area is 493 Å². The summed E-state index contributed by atoms with van der Waals surface area (Å²) in [6.45, 7) is 14.6. The zero-order valence-corrected chi connectivity index (χ0v) is 48.3. The Balaban J connectivity index is 0.865. The number of rotatable bonds is 6. The van der Waals surface area contributed by atoms with E-state index < -0.39 is 5.41 Å². The van der Waals surface area contributed by atoms with Gasteiger partial charge in [0.25, 0.3) is 0 Å². The maximum absolute atomic E-state index is 7.15. The second-order valence-electron chi connectivity index (χ2n) is 25.5. The van der Waals surface area contributed by atoms with E-state index in [9.17, 15) is 0 Å². The fraction of sp³-hybridized carbons (Fsp3) is 0.111. The van der Waals surface area contributed by atoms with Gasteiger partial charge in [0.1, 0.15) is 22.3 Å². The van der Waals surface area contributed by atoms with Gasteiger partial charge in [0.15, 0.2) is 0 Å². The van der Waals surface area contributed by atoms with Gasteiger partial charge in [-0.3, -0.25) is 0 Å². The van der Waals surface area contributed by atoms with E-state index in [-0.39, 0.29) is 10.8 Å². The topological polar surface area (TPSA) is 34.5 Å². The Kier molecular flexibility index (Phi) is 9.67. The molecule has 4 heteroatoms. The zero-order valence-electron chi connectivity index (χ0n) is 48.3. The van der Waals surface area contributed by atoms with Gasteiger partial charge in [-0.2, -0.15) is 0 Å². The van der Waals surface area contributed by atoms with Crippen molar-refractivity contribution in [1.82, 2.24) is 4.57 Å². The van der Waals surface area contributed by atoms with Crippen molar-refractivity contribution in [3.05, 3.63) is 276 Å². The van der Waals surface area contributed by atoms with Gasteiger partial charge in [-0.25, -0.2) is 0 Å². The number of benzene rings is 12.